The lowest BCUT2D eigenvalue weighted by Gasteiger charge is -2.15. The molecule has 1 unspecified atom stereocenters. The summed E-state index contributed by atoms with van der Waals surface area (Å²) in [6.45, 7) is 9.23. The quantitative estimate of drug-likeness (QED) is 0.765. The van der Waals surface area contributed by atoms with Gasteiger partial charge in [-0.2, -0.15) is 0 Å². The van der Waals surface area contributed by atoms with Crippen LogP contribution in [0.15, 0.2) is 42.5 Å². The molecule has 124 valence electrons. The van der Waals surface area contributed by atoms with Crippen LogP contribution >= 0.6 is 0 Å². The van der Waals surface area contributed by atoms with Gasteiger partial charge in [0.2, 0.25) is 0 Å². The van der Waals surface area contributed by atoms with Gasteiger partial charge in [-0.25, -0.2) is 0 Å². The van der Waals surface area contributed by atoms with Crippen LogP contribution in [0.25, 0.3) is 0 Å². The molecule has 0 radical (unpaired) electrons. The van der Waals surface area contributed by atoms with Gasteiger partial charge in [0.15, 0.2) is 0 Å². The van der Waals surface area contributed by atoms with Crippen molar-refractivity contribution in [2.45, 2.75) is 40.5 Å². The Morgan fingerprint density at radius 2 is 1.70 bits per heavy atom. The van der Waals surface area contributed by atoms with Gasteiger partial charge in [0.25, 0.3) is 0 Å². The van der Waals surface area contributed by atoms with Crippen molar-refractivity contribution in [1.82, 2.24) is 0 Å². The minimum Gasteiger partial charge on any atom is -0.508 e. The number of rotatable bonds is 7. The summed E-state index contributed by atoms with van der Waals surface area (Å²) in [7, 11) is 0. The Morgan fingerprint density at radius 3 is 2.39 bits per heavy atom. The lowest BCUT2D eigenvalue weighted by molar-refractivity contribution is 0.259. The number of hydrogen-bond donors (Lipinski definition) is 1. The summed E-state index contributed by atoms with van der Waals surface area (Å²) in [5.41, 5.74) is 3.39. The molecule has 2 heteroatoms. The van der Waals surface area contributed by atoms with Crippen LogP contribution in [0, 0.1) is 18.8 Å². The molecule has 0 bridgehead atoms. The van der Waals surface area contributed by atoms with E-state index in [2.05, 4.69) is 45.0 Å². The highest BCUT2D eigenvalue weighted by Crippen LogP contribution is 2.21. The van der Waals surface area contributed by atoms with E-state index in [1.807, 2.05) is 25.1 Å². The Kier molecular flexibility index (Phi) is 6.09. The van der Waals surface area contributed by atoms with Crippen molar-refractivity contribution in [2.75, 3.05) is 6.61 Å². The highest BCUT2D eigenvalue weighted by atomic mass is 16.5. The van der Waals surface area contributed by atoms with Crippen molar-refractivity contribution in [3.63, 3.8) is 0 Å². The Labute approximate surface area is 140 Å². The fraction of sp³-hybridized carbons (Fsp3) is 0.429. The molecule has 0 aliphatic heterocycles. The Morgan fingerprint density at radius 1 is 0.957 bits per heavy atom. The first-order chi connectivity index (χ1) is 10.9. The molecular weight excluding hydrogens is 284 g/mol. The zero-order valence-electron chi connectivity index (χ0n) is 14.7. The van der Waals surface area contributed by atoms with Crippen molar-refractivity contribution in [1.29, 1.82) is 0 Å². The summed E-state index contributed by atoms with van der Waals surface area (Å²) in [6, 6.07) is 14.3. The van der Waals surface area contributed by atoms with Crippen LogP contribution < -0.4 is 4.74 Å². The topological polar surface area (TPSA) is 29.5 Å². The van der Waals surface area contributed by atoms with Gasteiger partial charge in [0.1, 0.15) is 11.5 Å². The third kappa shape index (κ3) is 5.63. The second-order valence-corrected chi connectivity index (χ2v) is 6.99. The van der Waals surface area contributed by atoms with Crippen LogP contribution in [0.2, 0.25) is 0 Å². The van der Waals surface area contributed by atoms with Crippen molar-refractivity contribution in [2.24, 2.45) is 11.8 Å². The molecule has 0 saturated heterocycles. The fourth-order valence-corrected chi connectivity index (χ4v) is 2.72. The van der Waals surface area contributed by atoms with Crippen LogP contribution in [-0.4, -0.2) is 11.7 Å². The van der Waals surface area contributed by atoms with Gasteiger partial charge in [-0.1, -0.05) is 45.0 Å². The lowest BCUT2D eigenvalue weighted by atomic mass is 10.0. The molecule has 0 aliphatic rings. The van der Waals surface area contributed by atoms with Crippen molar-refractivity contribution < 1.29 is 9.84 Å². The number of aryl methyl sites for hydroxylation is 1. The first kappa shape index (κ1) is 17.4. The largest absolute Gasteiger partial charge is 0.508 e. The van der Waals surface area contributed by atoms with Gasteiger partial charge in [0.05, 0.1) is 6.61 Å². The van der Waals surface area contributed by atoms with Crippen LogP contribution in [0.1, 0.15) is 37.5 Å². The maximum atomic E-state index is 9.79. The first-order valence-electron chi connectivity index (χ1n) is 8.44. The van der Waals surface area contributed by atoms with Crippen molar-refractivity contribution in [3.05, 3.63) is 59.2 Å². The summed E-state index contributed by atoms with van der Waals surface area (Å²) in [6.07, 6.45) is 1.98. The number of hydrogen-bond acceptors (Lipinski definition) is 2. The molecule has 0 amide bonds. The average molecular weight is 312 g/mol. The highest BCUT2D eigenvalue weighted by molar-refractivity contribution is 5.35. The molecule has 2 aromatic carbocycles. The zero-order valence-corrected chi connectivity index (χ0v) is 14.7. The van der Waals surface area contributed by atoms with E-state index in [4.69, 9.17) is 4.74 Å². The molecule has 2 rings (SSSR count). The third-order valence-electron chi connectivity index (χ3n) is 3.93. The number of ether oxygens (including phenoxy) is 1. The lowest BCUT2D eigenvalue weighted by Crippen LogP contribution is -2.11. The van der Waals surface area contributed by atoms with E-state index in [1.54, 1.807) is 0 Å². The van der Waals surface area contributed by atoms with E-state index in [0.29, 0.717) is 24.2 Å². The van der Waals surface area contributed by atoms with E-state index in [0.717, 1.165) is 29.7 Å². The molecular formula is C21H28O2. The fourth-order valence-electron chi connectivity index (χ4n) is 2.72. The van der Waals surface area contributed by atoms with Gasteiger partial charge < -0.3 is 9.84 Å². The average Bonchev–Trinajstić information content (AvgIpc) is 2.49. The van der Waals surface area contributed by atoms with Gasteiger partial charge in [-0.3, -0.25) is 0 Å². The number of phenols is 1. The van der Waals surface area contributed by atoms with Crippen molar-refractivity contribution in [3.8, 4) is 11.5 Å². The van der Waals surface area contributed by atoms with Crippen molar-refractivity contribution >= 4 is 0 Å². The second kappa shape index (κ2) is 8.05. The predicted octanol–water partition coefficient (Wildman–Crippen LogP) is 5.16. The smallest absolute Gasteiger partial charge is 0.119 e. The maximum absolute atomic E-state index is 9.79. The van der Waals surface area contributed by atoms with Gasteiger partial charge in [0, 0.05) is 0 Å². The Hall–Kier alpha value is -1.96. The molecule has 1 N–H and O–H groups in total. The summed E-state index contributed by atoms with van der Waals surface area (Å²) >= 11 is 0. The predicted molar refractivity (Wildman–Crippen MR) is 96.2 cm³/mol. The van der Waals surface area contributed by atoms with E-state index in [-0.39, 0.29) is 0 Å². The number of benzene rings is 2. The SMILES string of the molecule is Cc1ccc(CC(C)COc2cccc(CC(C)C)c2)cc1O. The van der Waals surface area contributed by atoms with Gasteiger partial charge in [-0.05, 0) is 66.5 Å². The molecule has 23 heavy (non-hydrogen) atoms. The second-order valence-electron chi connectivity index (χ2n) is 6.99. The van der Waals surface area contributed by atoms with E-state index in [9.17, 15) is 5.11 Å². The number of phenolic OH excluding ortho intramolecular Hbond substituents is 1. The summed E-state index contributed by atoms with van der Waals surface area (Å²) in [4.78, 5) is 0. The minimum atomic E-state index is 0.372. The van der Waals surface area contributed by atoms with Gasteiger partial charge >= 0.3 is 0 Å². The summed E-state index contributed by atoms with van der Waals surface area (Å²) in [5.74, 6) is 2.36. The van der Waals surface area contributed by atoms with Crippen LogP contribution in [0.5, 0.6) is 11.5 Å². The standard InChI is InChI=1S/C21H28O2/c1-15(2)10-18-6-5-7-20(12-18)23-14-16(3)11-19-9-8-17(4)21(22)13-19/h5-9,12-13,15-16,22H,10-11,14H2,1-4H3. The molecule has 0 fully saturated rings. The third-order valence-corrected chi connectivity index (χ3v) is 3.93. The molecule has 0 spiro atoms. The van der Waals surface area contributed by atoms with E-state index < -0.39 is 0 Å². The van der Waals surface area contributed by atoms with Crippen LogP contribution in [-0.2, 0) is 12.8 Å². The molecule has 1 atom stereocenters. The summed E-state index contributed by atoms with van der Waals surface area (Å²) < 4.78 is 5.95. The van der Waals surface area contributed by atoms with E-state index in [1.165, 1.54) is 5.56 Å². The Bertz CT molecular complexity index is 631. The molecule has 0 aromatic heterocycles. The molecule has 0 heterocycles. The summed E-state index contributed by atoms with van der Waals surface area (Å²) in [5, 5.41) is 9.79. The molecule has 0 saturated carbocycles. The zero-order chi connectivity index (χ0) is 16.8. The number of aromatic hydroxyl groups is 1. The highest BCUT2D eigenvalue weighted by Gasteiger charge is 2.07. The van der Waals surface area contributed by atoms with Crippen LogP contribution in [0.4, 0.5) is 0 Å². The normalized spacial score (nSPS) is 12.4. The van der Waals surface area contributed by atoms with Gasteiger partial charge in [-0.15, -0.1) is 0 Å². The molecule has 0 aliphatic carbocycles. The Balaban J connectivity index is 1.88. The molecule has 2 nitrogen and oxygen atoms in total. The maximum Gasteiger partial charge on any atom is 0.119 e. The van der Waals surface area contributed by atoms with E-state index >= 15 is 0 Å². The first-order valence-corrected chi connectivity index (χ1v) is 8.44. The van der Waals surface area contributed by atoms with Crippen LogP contribution in [0.3, 0.4) is 0 Å². The molecule has 2 aromatic rings. The monoisotopic (exact) mass is 312 g/mol. The minimum absolute atomic E-state index is 0.372.